The Kier molecular flexibility index (Phi) is 3.39. The Labute approximate surface area is 121 Å². The van der Waals surface area contributed by atoms with Crippen molar-refractivity contribution in [1.29, 1.82) is 0 Å². The molecule has 0 saturated heterocycles. The second-order valence-corrected chi connectivity index (χ2v) is 5.98. The van der Waals surface area contributed by atoms with Crippen LogP contribution in [-0.4, -0.2) is 0 Å². The second kappa shape index (κ2) is 5.20. The smallest absolute Gasteiger partial charge is 0.0400 e. The zero-order chi connectivity index (χ0) is 14.1. The molecule has 20 heavy (non-hydrogen) atoms. The Morgan fingerprint density at radius 1 is 1.00 bits per heavy atom. The first-order valence-corrected chi connectivity index (χ1v) is 7.35. The Bertz CT molecular complexity index is 601. The molecule has 0 aliphatic heterocycles. The Hall–Kier alpha value is -1.96. The highest BCUT2D eigenvalue weighted by Gasteiger charge is 2.24. The summed E-state index contributed by atoms with van der Waals surface area (Å²) in [7, 11) is 0. The monoisotopic (exact) mass is 266 g/mol. The number of hydrogen-bond acceptors (Lipinski definition) is 2. The van der Waals surface area contributed by atoms with Crippen molar-refractivity contribution >= 4 is 11.4 Å². The molecule has 2 atom stereocenters. The number of nitrogens with one attached hydrogen (secondary N) is 1. The van der Waals surface area contributed by atoms with Crippen molar-refractivity contribution in [2.24, 2.45) is 0 Å². The van der Waals surface area contributed by atoms with Gasteiger partial charge in [-0.05, 0) is 59.2 Å². The third kappa shape index (κ3) is 2.51. The molecule has 2 heteroatoms. The topological polar surface area (TPSA) is 38.0 Å². The maximum Gasteiger partial charge on any atom is 0.0400 e. The van der Waals surface area contributed by atoms with Crippen LogP contribution in [0.2, 0.25) is 0 Å². The van der Waals surface area contributed by atoms with Crippen LogP contribution < -0.4 is 11.1 Å². The van der Waals surface area contributed by atoms with Crippen molar-refractivity contribution in [3.8, 4) is 0 Å². The minimum atomic E-state index is 0.679. The molecule has 1 aliphatic carbocycles. The molecule has 0 aromatic heterocycles. The highest BCUT2D eigenvalue weighted by atomic mass is 14.9. The van der Waals surface area contributed by atoms with E-state index < -0.39 is 0 Å². The summed E-state index contributed by atoms with van der Waals surface area (Å²) < 4.78 is 0. The van der Waals surface area contributed by atoms with Crippen LogP contribution in [0.15, 0.2) is 42.5 Å². The first kappa shape index (κ1) is 13.0. The molecule has 0 heterocycles. The third-order valence-corrected chi connectivity index (χ3v) is 4.33. The number of fused-ring (bicyclic) bond motifs is 1. The van der Waals surface area contributed by atoms with Crippen LogP contribution >= 0.6 is 0 Å². The first-order chi connectivity index (χ1) is 9.63. The fourth-order valence-corrected chi connectivity index (χ4v) is 3.18. The highest BCUT2D eigenvalue weighted by molar-refractivity contribution is 5.53. The predicted octanol–water partition coefficient (Wildman–Crippen LogP) is 4.49. The average molecular weight is 266 g/mol. The zero-order valence-corrected chi connectivity index (χ0v) is 12.2. The summed E-state index contributed by atoms with van der Waals surface area (Å²) in [5, 5.41) is 3.50. The quantitative estimate of drug-likeness (QED) is 0.803. The molecule has 2 nitrogen and oxygen atoms in total. The van der Waals surface area contributed by atoms with Gasteiger partial charge >= 0.3 is 0 Å². The Morgan fingerprint density at radius 3 is 2.45 bits per heavy atom. The number of hydrogen-bond donors (Lipinski definition) is 2. The molecule has 2 aromatic rings. The third-order valence-electron chi connectivity index (χ3n) is 4.33. The molecule has 2 unspecified atom stereocenters. The molecule has 0 saturated carbocycles. The van der Waals surface area contributed by atoms with E-state index in [-0.39, 0.29) is 0 Å². The summed E-state index contributed by atoms with van der Waals surface area (Å²) in [6.07, 6.45) is 1.27. The van der Waals surface area contributed by atoms with Gasteiger partial charge in [0.2, 0.25) is 0 Å². The number of anilines is 2. The van der Waals surface area contributed by atoms with Gasteiger partial charge in [-0.15, -0.1) is 0 Å². The molecule has 0 spiro atoms. The molecule has 0 radical (unpaired) electrons. The standard InChI is InChI=1S/C18H22N2/c1-12-9-13(2)18-10-16(7-8-17(12)18)20-11-14-3-5-15(19)6-4-14/h3-8,10,12-13,20H,9,11,19H2,1-2H3. The lowest BCUT2D eigenvalue weighted by Crippen LogP contribution is -2.00. The minimum Gasteiger partial charge on any atom is -0.399 e. The summed E-state index contributed by atoms with van der Waals surface area (Å²) in [6, 6.07) is 14.8. The number of rotatable bonds is 3. The predicted molar refractivity (Wildman–Crippen MR) is 86.1 cm³/mol. The molecule has 1 aliphatic rings. The van der Waals surface area contributed by atoms with Crippen molar-refractivity contribution in [1.82, 2.24) is 0 Å². The summed E-state index contributed by atoms with van der Waals surface area (Å²) in [5.74, 6) is 1.38. The molecular formula is C18H22N2. The van der Waals surface area contributed by atoms with Crippen LogP contribution in [0.1, 0.15) is 48.8 Å². The molecule has 0 fully saturated rings. The zero-order valence-electron chi connectivity index (χ0n) is 12.2. The lowest BCUT2D eigenvalue weighted by molar-refractivity contribution is 0.661. The van der Waals surface area contributed by atoms with Gasteiger partial charge in [-0.1, -0.05) is 32.0 Å². The summed E-state index contributed by atoms with van der Waals surface area (Å²) in [6.45, 7) is 5.49. The van der Waals surface area contributed by atoms with E-state index in [0.717, 1.165) is 12.2 Å². The lowest BCUT2D eigenvalue weighted by Gasteiger charge is -2.11. The molecule has 0 amide bonds. The molecule has 0 bridgehead atoms. The molecule has 2 aromatic carbocycles. The number of benzene rings is 2. The van der Waals surface area contributed by atoms with Crippen molar-refractivity contribution in [2.75, 3.05) is 11.1 Å². The van der Waals surface area contributed by atoms with E-state index in [1.54, 1.807) is 0 Å². The van der Waals surface area contributed by atoms with Crippen LogP contribution in [-0.2, 0) is 6.54 Å². The van der Waals surface area contributed by atoms with E-state index >= 15 is 0 Å². The van der Waals surface area contributed by atoms with Gasteiger partial charge in [-0.3, -0.25) is 0 Å². The van der Waals surface area contributed by atoms with Crippen molar-refractivity contribution < 1.29 is 0 Å². The average Bonchev–Trinajstić information content (AvgIpc) is 2.73. The Balaban J connectivity index is 1.73. The van der Waals surface area contributed by atoms with Gasteiger partial charge in [0.25, 0.3) is 0 Å². The van der Waals surface area contributed by atoms with E-state index in [4.69, 9.17) is 5.73 Å². The van der Waals surface area contributed by atoms with Gasteiger partial charge in [0.15, 0.2) is 0 Å². The second-order valence-electron chi connectivity index (χ2n) is 5.98. The van der Waals surface area contributed by atoms with E-state index in [1.807, 2.05) is 12.1 Å². The Morgan fingerprint density at radius 2 is 1.70 bits per heavy atom. The van der Waals surface area contributed by atoms with Crippen molar-refractivity contribution in [2.45, 2.75) is 38.6 Å². The van der Waals surface area contributed by atoms with Crippen LogP contribution in [0.25, 0.3) is 0 Å². The highest BCUT2D eigenvalue weighted by Crippen LogP contribution is 2.42. The summed E-state index contributed by atoms with van der Waals surface area (Å²) >= 11 is 0. The van der Waals surface area contributed by atoms with Crippen LogP contribution in [0, 0.1) is 0 Å². The molecular weight excluding hydrogens is 244 g/mol. The van der Waals surface area contributed by atoms with Crippen LogP contribution in [0.5, 0.6) is 0 Å². The lowest BCUT2D eigenvalue weighted by atomic mass is 10.0. The van der Waals surface area contributed by atoms with Gasteiger partial charge < -0.3 is 11.1 Å². The summed E-state index contributed by atoms with van der Waals surface area (Å²) in [5.41, 5.74) is 12.0. The molecule has 104 valence electrons. The van der Waals surface area contributed by atoms with Crippen LogP contribution in [0.4, 0.5) is 11.4 Å². The van der Waals surface area contributed by atoms with E-state index in [9.17, 15) is 0 Å². The van der Waals surface area contributed by atoms with Crippen molar-refractivity contribution in [3.05, 3.63) is 59.2 Å². The normalized spacial score (nSPS) is 20.7. The number of nitrogens with two attached hydrogens (primary N) is 1. The van der Waals surface area contributed by atoms with Gasteiger partial charge in [0.1, 0.15) is 0 Å². The molecule has 3 rings (SSSR count). The summed E-state index contributed by atoms with van der Waals surface area (Å²) in [4.78, 5) is 0. The van der Waals surface area contributed by atoms with E-state index in [0.29, 0.717) is 11.8 Å². The maximum absolute atomic E-state index is 5.70. The molecule has 3 N–H and O–H groups in total. The fraction of sp³-hybridized carbons (Fsp3) is 0.333. The van der Waals surface area contributed by atoms with Crippen LogP contribution in [0.3, 0.4) is 0 Å². The van der Waals surface area contributed by atoms with Crippen molar-refractivity contribution in [3.63, 3.8) is 0 Å². The van der Waals surface area contributed by atoms with Gasteiger partial charge in [-0.25, -0.2) is 0 Å². The largest absolute Gasteiger partial charge is 0.399 e. The minimum absolute atomic E-state index is 0.679. The maximum atomic E-state index is 5.70. The number of nitrogen functional groups attached to an aromatic ring is 1. The van der Waals surface area contributed by atoms with Gasteiger partial charge in [0.05, 0.1) is 0 Å². The van der Waals surface area contributed by atoms with E-state index in [2.05, 4.69) is 49.5 Å². The SMILES string of the molecule is CC1CC(C)c2cc(NCc3ccc(N)cc3)ccc21. The fourth-order valence-electron chi connectivity index (χ4n) is 3.18. The van der Waals surface area contributed by atoms with E-state index in [1.165, 1.54) is 28.8 Å². The first-order valence-electron chi connectivity index (χ1n) is 7.35. The van der Waals surface area contributed by atoms with Gasteiger partial charge in [0, 0.05) is 17.9 Å². The van der Waals surface area contributed by atoms with Gasteiger partial charge in [-0.2, -0.15) is 0 Å².